The molecule has 0 aliphatic rings. The van der Waals surface area contributed by atoms with Gasteiger partial charge in [0.1, 0.15) is 5.54 Å². The summed E-state index contributed by atoms with van der Waals surface area (Å²) in [6.07, 6.45) is 0. The van der Waals surface area contributed by atoms with Gasteiger partial charge in [-0.05, 0) is 26.8 Å². The fourth-order valence-electron chi connectivity index (χ4n) is 1.61. The zero-order valence-electron chi connectivity index (χ0n) is 11.9. The number of hydrogen-bond acceptors (Lipinski definition) is 5. The second kappa shape index (κ2) is 7.06. The number of nitrogens with one attached hydrogen (secondary N) is 1. The van der Waals surface area contributed by atoms with Gasteiger partial charge in [0.05, 0.1) is 27.1 Å². The van der Waals surface area contributed by atoms with Crippen LogP contribution in [0.5, 0.6) is 0 Å². The highest BCUT2D eigenvalue weighted by Crippen LogP contribution is 2.33. The molecule has 0 aliphatic heterocycles. The molecule has 0 atom stereocenters. The Balaban J connectivity index is 3.00. The second-order valence-electron chi connectivity index (χ2n) is 4.82. The molecule has 8 heteroatoms. The normalized spacial score (nSPS) is 11.3. The molecule has 0 heterocycles. The SMILES string of the molecule is CCOC(=O)C(C)(C)NCc1c([N+](=O)[O-])ccc(Cl)c1Cl. The van der Waals surface area contributed by atoms with Crippen LogP contribution in [0.2, 0.25) is 10.0 Å². The van der Waals surface area contributed by atoms with Gasteiger partial charge >= 0.3 is 5.97 Å². The summed E-state index contributed by atoms with van der Waals surface area (Å²) in [5.74, 6) is -0.453. The molecule has 0 radical (unpaired) electrons. The number of ether oxygens (including phenoxy) is 1. The van der Waals surface area contributed by atoms with Crippen molar-refractivity contribution in [1.82, 2.24) is 5.32 Å². The van der Waals surface area contributed by atoms with Crippen LogP contribution in [0.3, 0.4) is 0 Å². The van der Waals surface area contributed by atoms with Crippen LogP contribution in [0.1, 0.15) is 26.3 Å². The Labute approximate surface area is 132 Å². The van der Waals surface area contributed by atoms with Crippen LogP contribution < -0.4 is 5.32 Å². The lowest BCUT2D eigenvalue weighted by Gasteiger charge is -2.24. The molecule has 0 fully saturated rings. The van der Waals surface area contributed by atoms with E-state index in [0.29, 0.717) is 0 Å². The Hall–Kier alpha value is -1.37. The lowest BCUT2D eigenvalue weighted by molar-refractivity contribution is -0.385. The van der Waals surface area contributed by atoms with Crippen molar-refractivity contribution in [1.29, 1.82) is 0 Å². The molecule has 0 spiro atoms. The summed E-state index contributed by atoms with van der Waals surface area (Å²) < 4.78 is 4.93. The average molecular weight is 335 g/mol. The Morgan fingerprint density at radius 2 is 2.05 bits per heavy atom. The van der Waals surface area contributed by atoms with E-state index in [9.17, 15) is 14.9 Å². The van der Waals surface area contributed by atoms with E-state index in [1.54, 1.807) is 20.8 Å². The quantitative estimate of drug-likeness (QED) is 0.490. The van der Waals surface area contributed by atoms with Crippen LogP contribution in [-0.4, -0.2) is 23.0 Å². The monoisotopic (exact) mass is 334 g/mol. The molecule has 21 heavy (non-hydrogen) atoms. The maximum atomic E-state index is 11.8. The minimum absolute atomic E-state index is 0.0154. The molecule has 0 saturated heterocycles. The third-order valence-corrected chi connectivity index (χ3v) is 3.70. The number of carbonyl (C=O) groups excluding carboxylic acids is 1. The number of nitro groups is 1. The minimum atomic E-state index is -1.00. The molecule has 0 saturated carbocycles. The summed E-state index contributed by atoms with van der Waals surface area (Å²) in [6.45, 7) is 5.21. The van der Waals surface area contributed by atoms with Crippen molar-refractivity contribution in [3.63, 3.8) is 0 Å². The highest BCUT2D eigenvalue weighted by Gasteiger charge is 2.30. The average Bonchev–Trinajstić information content (AvgIpc) is 2.40. The maximum absolute atomic E-state index is 11.8. The van der Waals surface area contributed by atoms with Crippen LogP contribution >= 0.6 is 23.2 Å². The van der Waals surface area contributed by atoms with Crippen LogP contribution in [0, 0.1) is 10.1 Å². The largest absolute Gasteiger partial charge is 0.465 e. The number of nitro benzene ring substituents is 1. The van der Waals surface area contributed by atoms with Gasteiger partial charge in [-0.2, -0.15) is 0 Å². The van der Waals surface area contributed by atoms with Crippen LogP contribution in [0.15, 0.2) is 12.1 Å². The predicted molar refractivity (Wildman–Crippen MR) is 80.7 cm³/mol. The Kier molecular flexibility index (Phi) is 5.95. The van der Waals surface area contributed by atoms with E-state index in [2.05, 4.69) is 5.32 Å². The molecule has 1 N–H and O–H groups in total. The van der Waals surface area contributed by atoms with Crippen LogP contribution in [-0.2, 0) is 16.1 Å². The van der Waals surface area contributed by atoms with Crippen molar-refractivity contribution >= 4 is 34.9 Å². The van der Waals surface area contributed by atoms with Crippen molar-refractivity contribution in [2.24, 2.45) is 0 Å². The number of carbonyl (C=O) groups is 1. The summed E-state index contributed by atoms with van der Waals surface area (Å²) in [5, 5.41) is 14.2. The lowest BCUT2D eigenvalue weighted by atomic mass is 10.0. The standard InChI is InChI=1S/C13H16Cl2N2O4/c1-4-21-12(18)13(2,3)16-7-8-10(17(19)20)6-5-9(14)11(8)15/h5-6,16H,4,7H2,1-3H3. The molecule has 0 aromatic heterocycles. The predicted octanol–water partition coefficient (Wildman–Crippen LogP) is 3.33. The van der Waals surface area contributed by atoms with Gasteiger partial charge < -0.3 is 4.74 Å². The second-order valence-corrected chi connectivity index (χ2v) is 5.60. The Bertz CT molecular complexity index is 561. The lowest BCUT2D eigenvalue weighted by Crippen LogP contribution is -2.47. The number of benzene rings is 1. The van der Waals surface area contributed by atoms with E-state index < -0.39 is 16.4 Å². The zero-order valence-corrected chi connectivity index (χ0v) is 13.4. The van der Waals surface area contributed by atoms with E-state index >= 15 is 0 Å². The summed E-state index contributed by atoms with van der Waals surface area (Å²) >= 11 is 11.9. The third kappa shape index (κ3) is 4.30. The molecule has 6 nitrogen and oxygen atoms in total. The molecule has 0 bridgehead atoms. The highest BCUT2D eigenvalue weighted by molar-refractivity contribution is 6.42. The van der Waals surface area contributed by atoms with Crippen molar-refractivity contribution in [2.45, 2.75) is 32.9 Å². The maximum Gasteiger partial charge on any atom is 0.325 e. The van der Waals surface area contributed by atoms with Crippen molar-refractivity contribution in [3.8, 4) is 0 Å². The summed E-state index contributed by atoms with van der Waals surface area (Å²) in [5.41, 5.74) is -0.932. The fraction of sp³-hybridized carbons (Fsp3) is 0.462. The van der Waals surface area contributed by atoms with E-state index in [4.69, 9.17) is 27.9 Å². The Morgan fingerprint density at radius 3 is 2.57 bits per heavy atom. The zero-order chi connectivity index (χ0) is 16.2. The number of hydrogen-bond donors (Lipinski definition) is 1. The van der Waals surface area contributed by atoms with Crippen molar-refractivity contribution < 1.29 is 14.5 Å². The number of rotatable bonds is 6. The van der Waals surface area contributed by atoms with Gasteiger partial charge in [-0.1, -0.05) is 23.2 Å². The van der Waals surface area contributed by atoms with E-state index in [1.807, 2.05) is 0 Å². The first-order valence-corrected chi connectivity index (χ1v) is 6.99. The minimum Gasteiger partial charge on any atom is -0.465 e. The summed E-state index contributed by atoms with van der Waals surface area (Å²) in [6, 6.07) is 2.64. The summed E-state index contributed by atoms with van der Waals surface area (Å²) in [7, 11) is 0. The Morgan fingerprint density at radius 1 is 1.43 bits per heavy atom. The highest BCUT2D eigenvalue weighted by atomic mass is 35.5. The smallest absolute Gasteiger partial charge is 0.325 e. The third-order valence-electron chi connectivity index (χ3n) is 2.86. The first-order chi connectivity index (χ1) is 9.70. The van der Waals surface area contributed by atoms with E-state index in [1.165, 1.54) is 12.1 Å². The molecular weight excluding hydrogens is 319 g/mol. The van der Waals surface area contributed by atoms with Gasteiger partial charge in [0, 0.05) is 12.6 Å². The van der Waals surface area contributed by atoms with Gasteiger partial charge in [0.15, 0.2) is 0 Å². The van der Waals surface area contributed by atoms with Crippen LogP contribution in [0.4, 0.5) is 5.69 Å². The van der Waals surface area contributed by atoms with Gasteiger partial charge in [-0.15, -0.1) is 0 Å². The first-order valence-electron chi connectivity index (χ1n) is 6.24. The number of halogens is 2. The van der Waals surface area contributed by atoms with E-state index in [0.717, 1.165) is 0 Å². The van der Waals surface area contributed by atoms with Gasteiger partial charge in [0.25, 0.3) is 5.69 Å². The number of esters is 1. The topological polar surface area (TPSA) is 81.5 Å². The molecule has 0 amide bonds. The first kappa shape index (κ1) is 17.7. The van der Waals surface area contributed by atoms with Crippen LogP contribution in [0.25, 0.3) is 0 Å². The van der Waals surface area contributed by atoms with Gasteiger partial charge in [0.2, 0.25) is 0 Å². The van der Waals surface area contributed by atoms with E-state index in [-0.39, 0.29) is 34.4 Å². The fourth-order valence-corrected chi connectivity index (χ4v) is 2.02. The summed E-state index contributed by atoms with van der Waals surface area (Å²) in [4.78, 5) is 22.3. The molecule has 116 valence electrons. The van der Waals surface area contributed by atoms with Crippen molar-refractivity contribution in [2.75, 3.05) is 6.61 Å². The molecular formula is C13H16Cl2N2O4. The molecule has 0 unspecified atom stereocenters. The van der Waals surface area contributed by atoms with Gasteiger partial charge in [-0.3, -0.25) is 20.2 Å². The molecule has 0 aliphatic carbocycles. The molecule has 1 rings (SSSR count). The molecule has 1 aromatic rings. The number of nitrogens with zero attached hydrogens (tertiary/aromatic N) is 1. The molecule has 1 aromatic carbocycles. The van der Waals surface area contributed by atoms with Crippen molar-refractivity contribution in [3.05, 3.63) is 37.9 Å². The van der Waals surface area contributed by atoms with Gasteiger partial charge in [-0.25, -0.2) is 0 Å².